The van der Waals surface area contributed by atoms with Crippen molar-refractivity contribution in [2.45, 2.75) is 18.9 Å². The third-order valence-electron chi connectivity index (χ3n) is 3.77. The molecule has 1 N–H and O–H groups in total. The van der Waals surface area contributed by atoms with Gasteiger partial charge in [-0.2, -0.15) is 0 Å². The van der Waals surface area contributed by atoms with E-state index >= 15 is 0 Å². The molecule has 1 aliphatic heterocycles. The molecule has 0 bridgehead atoms. The van der Waals surface area contributed by atoms with Gasteiger partial charge in [0, 0.05) is 29.3 Å². The average Bonchev–Trinajstić information content (AvgIpc) is 2.58. The molecule has 0 amide bonds. The molecule has 1 aromatic carbocycles. The van der Waals surface area contributed by atoms with E-state index in [9.17, 15) is 0 Å². The van der Waals surface area contributed by atoms with Crippen molar-refractivity contribution in [1.82, 2.24) is 10.2 Å². The van der Waals surface area contributed by atoms with E-state index in [-0.39, 0.29) is 0 Å². The first kappa shape index (κ1) is 14.8. The number of nitrogens with zero attached hydrogens (tertiary/aromatic N) is 2. The Bertz CT molecular complexity index is 397. The molecule has 1 aromatic rings. The lowest BCUT2D eigenvalue weighted by atomic mass is 10.1. The van der Waals surface area contributed by atoms with Gasteiger partial charge in [0.05, 0.1) is 0 Å². The zero-order valence-electron chi connectivity index (χ0n) is 11.9. The molecule has 0 aromatic heterocycles. The Morgan fingerprint density at radius 1 is 1.37 bits per heavy atom. The predicted octanol–water partition coefficient (Wildman–Crippen LogP) is 2.57. The molecule has 1 atom stereocenters. The summed E-state index contributed by atoms with van der Waals surface area (Å²) in [6.07, 6.45) is 2.42. The molecular weight excluding hydrogens is 302 g/mol. The van der Waals surface area contributed by atoms with E-state index in [0.717, 1.165) is 24.1 Å². The summed E-state index contributed by atoms with van der Waals surface area (Å²) in [5, 5.41) is 3.28. The van der Waals surface area contributed by atoms with Crippen LogP contribution in [0.5, 0.6) is 0 Å². The highest BCUT2D eigenvalue weighted by atomic mass is 79.9. The Morgan fingerprint density at radius 2 is 2.21 bits per heavy atom. The van der Waals surface area contributed by atoms with E-state index in [2.05, 4.69) is 62.4 Å². The van der Waals surface area contributed by atoms with Gasteiger partial charge in [-0.3, -0.25) is 0 Å². The summed E-state index contributed by atoms with van der Waals surface area (Å²) >= 11 is 3.58. The van der Waals surface area contributed by atoms with Crippen molar-refractivity contribution < 1.29 is 0 Å². The van der Waals surface area contributed by atoms with Crippen LogP contribution in [0, 0.1) is 0 Å². The molecule has 19 heavy (non-hydrogen) atoms. The highest BCUT2D eigenvalue weighted by Crippen LogP contribution is 2.24. The fraction of sp³-hybridized carbons (Fsp3) is 0.600. The topological polar surface area (TPSA) is 18.5 Å². The lowest BCUT2D eigenvalue weighted by Crippen LogP contribution is -2.41. The van der Waals surface area contributed by atoms with Crippen LogP contribution in [0.3, 0.4) is 0 Å². The van der Waals surface area contributed by atoms with Crippen LogP contribution in [0.15, 0.2) is 28.7 Å². The summed E-state index contributed by atoms with van der Waals surface area (Å²) in [5.74, 6) is 0. The van der Waals surface area contributed by atoms with Gasteiger partial charge < -0.3 is 15.1 Å². The van der Waals surface area contributed by atoms with Crippen molar-refractivity contribution in [3.63, 3.8) is 0 Å². The number of anilines is 1. The maximum absolute atomic E-state index is 3.58. The van der Waals surface area contributed by atoms with Crippen molar-refractivity contribution in [3.8, 4) is 0 Å². The van der Waals surface area contributed by atoms with Crippen LogP contribution in [-0.2, 0) is 0 Å². The molecule has 1 unspecified atom stereocenters. The van der Waals surface area contributed by atoms with Gasteiger partial charge in [-0.05, 0) is 58.2 Å². The van der Waals surface area contributed by atoms with Crippen LogP contribution >= 0.6 is 15.9 Å². The number of hydrogen-bond acceptors (Lipinski definition) is 3. The lowest BCUT2D eigenvalue weighted by Gasteiger charge is -2.33. The summed E-state index contributed by atoms with van der Waals surface area (Å²) < 4.78 is 1.16. The second-order valence-electron chi connectivity index (χ2n) is 5.34. The fourth-order valence-electron chi connectivity index (χ4n) is 2.80. The molecule has 3 nitrogen and oxygen atoms in total. The highest BCUT2D eigenvalue weighted by Gasteiger charge is 2.23. The fourth-order valence-corrected chi connectivity index (χ4v) is 3.18. The first-order valence-electron chi connectivity index (χ1n) is 7.06. The van der Waals surface area contributed by atoms with Gasteiger partial charge in [0.2, 0.25) is 0 Å². The van der Waals surface area contributed by atoms with Crippen LogP contribution < -0.4 is 10.2 Å². The van der Waals surface area contributed by atoms with Gasteiger partial charge in [0.25, 0.3) is 0 Å². The molecule has 1 aliphatic rings. The molecule has 1 saturated heterocycles. The van der Waals surface area contributed by atoms with Crippen LogP contribution in [0.2, 0.25) is 0 Å². The predicted molar refractivity (Wildman–Crippen MR) is 85.9 cm³/mol. The summed E-state index contributed by atoms with van der Waals surface area (Å²) in [5.41, 5.74) is 1.34. The molecule has 2 rings (SSSR count). The molecule has 1 fully saturated rings. The van der Waals surface area contributed by atoms with E-state index in [4.69, 9.17) is 0 Å². The molecule has 1 heterocycles. The Morgan fingerprint density at radius 3 is 2.95 bits per heavy atom. The number of nitrogens with one attached hydrogen (secondary N) is 1. The van der Waals surface area contributed by atoms with E-state index < -0.39 is 0 Å². The Hall–Kier alpha value is -0.580. The van der Waals surface area contributed by atoms with Gasteiger partial charge in [0.15, 0.2) is 0 Å². The third kappa shape index (κ3) is 4.20. The monoisotopic (exact) mass is 325 g/mol. The minimum atomic E-state index is 0.592. The van der Waals surface area contributed by atoms with Gasteiger partial charge >= 0.3 is 0 Å². The maximum Gasteiger partial charge on any atom is 0.0429 e. The Kier molecular flexibility index (Phi) is 5.67. The SMILES string of the molecule is CNCCC1CN(C)CCCN1c1cccc(Br)c1. The Balaban J connectivity index is 2.17. The zero-order valence-corrected chi connectivity index (χ0v) is 13.5. The molecular formula is C15H24BrN3. The standard InChI is InChI=1S/C15H24BrN3/c1-17-8-7-15-12-18(2)9-4-10-19(15)14-6-3-5-13(16)11-14/h3,5-6,11,15,17H,4,7-10,12H2,1-2H3. The first-order valence-corrected chi connectivity index (χ1v) is 7.85. The van der Waals surface area contributed by atoms with E-state index in [1.165, 1.54) is 25.1 Å². The summed E-state index contributed by atoms with van der Waals surface area (Å²) in [6, 6.07) is 9.27. The molecule has 0 aliphatic carbocycles. The van der Waals surface area contributed by atoms with Gasteiger partial charge in [-0.1, -0.05) is 22.0 Å². The van der Waals surface area contributed by atoms with Gasteiger partial charge in [0.1, 0.15) is 0 Å². The zero-order chi connectivity index (χ0) is 13.7. The van der Waals surface area contributed by atoms with Crippen molar-refractivity contribution in [2.75, 3.05) is 45.2 Å². The van der Waals surface area contributed by atoms with Crippen LogP contribution in [0.4, 0.5) is 5.69 Å². The van der Waals surface area contributed by atoms with Crippen molar-refractivity contribution in [1.29, 1.82) is 0 Å². The van der Waals surface area contributed by atoms with Crippen LogP contribution in [0.1, 0.15) is 12.8 Å². The smallest absolute Gasteiger partial charge is 0.0429 e. The van der Waals surface area contributed by atoms with Crippen molar-refractivity contribution >= 4 is 21.6 Å². The number of hydrogen-bond donors (Lipinski definition) is 1. The molecule has 0 radical (unpaired) electrons. The second-order valence-corrected chi connectivity index (χ2v) is 6.25. The van der Waals surface area contributed by atoms with E-state index in [1.807, 2.05) is 7.05 Å². The highest BCUT2D eigenvalue weighted by molar-refractivity contribution is 9.10. The number of halogens is 1. The minimum absolute atomic E-state index is 0.592. The van der Waals surface area contributed by atoms with Crippen LogP contribution in [-0.4, -0.2) is 51.2 Å². The normalized spacial score (nSPS) is 21.4. The maximum atomic E-state index is 3.58. The molecule has 106 valence electrons. The van der Waals surface area contributed by atoms with Crippen molar-refractivity contribution in [2.24, 2.45) is 0 Å². The van der Waals surface area contributed by atoms with E-state index in [0.29, 0.717) is 6.04 Å². The Labute approximate surface area is 125 Å². The second kappa shape index (κ2) is 7.27. The molecule has 0 saturated carbocycles. The van der Waals surface area contributed by atoms with Gasteiger partial charge in [-0.15, -0.1) is 0 Å². The summed E-state index contributed by atoms with van der Waals surface area (Å²) in [6.45, 7) is 4.56. The molecule has 0 spiro atoms. The third-order valence-corrected chi connectivity index (χ3v) is 4.26. The average molecular weight is 326 g/mol. The summed E-state index contributed by atoms with van der Waals surface area (Å²) in [7, 11) is 4.26. The van der Waals surface area contributed by atoms with Crippen LogP contribution in [0.25, 0.3) is 0 Å². The number of rotatable bonds is 4. The van der Waals surface area contributed by atoms with Crippen molar-refractivity contribution in [3.05, 3.63) is 28.7 Å². The van der Waals surface area contributed by atoms with E-state index in [1.54, 1.807) is 0 Å². The van der Waals surface area contributed by atoms with Gasteiger partial charge in [-0.25, -0.2) is 0 Å². The first-order chi connectivity index (χ1) is 9.20. The largest absolute Gasteiger partial charge is 0.367 e. The molecule has 4 heteroatoms. The number of likely N-dealkylation sites (N-methyl/N-ethyl adjacent to an activating group) is 1. The number of benzene rings is 1. The minimum Gasteiger partial charge on any atom is -0.367 e. The lowest BCUT2D eigenvalue weighted by molar-refractivity contribution is 0.324. The summed E-state index contributed by atoms with van der Waals surface area (Å²) in [4.78, 5) is 5.03. The quantitative estimate of drug-likeness (QED) is 0.917.